The number of halogens is 1. The van der Waals surface area contributed by atoms with Crippen molar-refractivity contribution in [3.63, 3.8) is 0 Å². The molecule has 0 aliphatic carbocycles. The van der Waals surface area contributed by atoms with Crippen LogP contribution >= 0.6 is 0 Å². The van der Waals surface area contributed by atoms with Gasteiger partial charge in [-0.25, -0.2) is 9.07 Å². The van der Waals surface area contributed by atoms with Crippen molar-refractivity contribution in [2.24, 2.45) is 0 Å². The number of nitrogens with zero attached hydrogens (tertiary/aromatic N) is 2. The van der Waals surface area contributed by atoms with Gasteiger partial charge in [0.25, 0.3) is 5.91 Å². The Hall–Kier alpha value is -3.15. The molecule has 3 aromatic rings. The summed E-state index contributed by atoms with van der Waals surface area (Å²) in [7, 11) is 0. The number of ether oxygens (including phenoxy) is 1. The Bertz CT molecular complexity index is 980. The molecule has 146 valence electrons. The van der Waals surface area contributed by atoms with Crippen molar-refractivity contribution < 1.29 is 13.9 Å². The minimum absolute atomic E-state index is 0.0576. The number of aromatic nitrogens is 2. The minimum atomic E-state index is -0.293. The van der Waals surface area contributed by atoms with Crippen molar-refractivity contribution in [3.05, 3.63) is 76.9 Å². The van der Waals surface area contributed by atoms with Crippen molar-refractivity contribution in [2.45, 2.75) is 33.7 Å². The summed E-state index contributed by atoms with van der Waals surface area (Å²) in [5.41, 5.74) is 4.84. The number of carbonyl (C=O) groups is 1. The second-order valence-corrected chi connectivity index (χ2v) is 6.90. The van der Waals surface area contributed by atoms with Crippen LogP contribution in [0.25, 0.3) is 5.69 Å². The van der Waals surface area contributed by atoms with E-state index in [0.29, 0.717) is 5.75 Å². The van der Waals surface area contributed by atoms with Gasteiger partial charge in [-0.1, -0.05) is 6.07 Å². The Morgan fingerprint density at radius 2 is 1.86 bits per heavy atom. The first-order valence-corrected chi connectivity index (χ1v) is 9.15. The summed E-state index contributed by atoms with van der Waals surface area (Å²) < 4.78 is 20.4. The molecule has 1 atom stereocenters. The molecule has 0 aliphatic heterocycles. The van der Waals surface area contributed by atoms with Gasteiger partial charge in [-0.3, -0.25) is 4.79 Å². The molecule has 6 heteroatoms. The summed E-state index contributed by atoms with van der Waals surface area (Å²) >= 11 is 0. The highest BCUT2D eigenvalue weighted by Gasteiger charge is 2.16. The van der Waals surface area contributed by atoms with E-state index in [0.717, 1.165) is 22.5 Å². The van der Waals surface area contributed by atoms with Gasteiger partial charge in [0.1, 0.15) is 11.6 Å². The smallest absolute Gasteiger partial charge is 0.258 e. The number of nitrogens with one attached hydrogen (secondary N) is 1. The summed E-state index contributed by atoms with van der Waals surface area (Å²) in [6.07, 6.45) is 1.72. The third kappa shape index (κ3) is 4.39. The number of amides is 1. The quantitative estimate of drug-likeness (QED) is 0.696. The lowest BCUT2D eigenvalue weighted by molar-refractivity contribution is -0.123. The minimum Gasteiger partial charge on any atom is -0.484 e. The average Bonchev–Trinajstić information content (AvgIpc) is 3.05. The highest BCUT2D eigenvalue weighted by atomic mass is 19.1. The second-order valence-electron chi connectivity index (χ2n) is 6.90. The SMILES string of the molecule is Cc1ccc(OCC(=O)NC(C)c2cnn(-c3ccc(F)cc3)c2C)cc1C. The van der Waals surface area contributed by atoms with E-state index in [9.17, 15) is 9.18 Å². The van der Waals surface area contributed by atoms with Crippen LogP contribution in [0.1, 0.15) is 35.3 Å². The molecule has 0 fully saturated rings. The number of benzene rings is 2. The summed E-state index contributed by atoms with van der Waals surface area (Å²) in [4.78, 5) is 12.3. The van der Waals surface area contributed by atoms with Gasteiger partial charge in [-0.2, -0.15) is 5.10 Å². The summed E-state index contributed by atoms with van der Waals surface area (Å²) in [6.45, 7) is 7.79. The van der Waals surface area contributed by atoms with Crippen LogP contribution in [0, 0.1) is 26.6 Å². The van der Waals surface area contributed by atoms with Gasteiger partial charge in [0.15, 0.2) is 6.61 Å². The number of hydrogen-bond donors (Lipinski definition) is 1. The molecule has 2 aromatic carbocycles. The highest BCUT2D eigenvalue weighted by Crippen LogP contribution is 2.21. The largest absolute Gasteiger partial charge is 0.484 e. The van der Waals surface area contributed by atoms with Crippen LogP contribution in [0.2, 0.25) is 0 Å². The predicted molar refractivity (Wildman–Crippen MR) is 106 cm³/mol. The normalized spacial score (nSPS) is 11.9. The molecule has 5 nitrogen and oxygen atoms in total. The van der Waals surface area contributed by atoms with E-state index in [1.807, 2.05) is 45.9 Å². The molecule has 1 unspecified atom stereocenters. The molecule has 0 spiro atoms. The number of carbonyl (C=O) groups excluding carboxylic acids is 1. The van der Waals surface area contributed by atoms with Crippen molar-refractivity contribution >= 4 is 5.91 Å². The predicted octanol–water partition coefficient (Wildman–Crippen LogP) is 4.19. The van der Waals surface area contributed by atoms with Gasteiger partial charge in [0.05, 0.1) is 17.9 Å². The Balaban J connectivity index is 1.62. The van der Waals surface area contributed by atoms with Crippen LogP contribution in [0.4, 0.5) is 4.39 Å². The van der Waals surface area contributed by atoms with Crippen LogP contribution in [0.15, 0.2) is 48.7 Å². The van der Waals surface area contributed by atoms with Crippen LogP contribution in [0.3, 0.4) is 0 Å². The zero-order valence-corrected chi connectivity index (χ0v) is 16.5. The molecule has 1 amide bonds. The van der Waals surface area contributed by atoms with E-state index >= 15 is 0 Å². The fourth-order valence-corrected chi connectivity index (χ4v) is 3.00. The van der Waals surface area contributed by atoms with Crippen molar-refractivity contribution in [3.8, 4) is 11.4 Å². The maximum absolute atomic E-state index is 13.1. The molecule has 0 bridgehead atoms. The first-order chi connectivity index (χ1) is 13.3. The molecule has 0 saturated carbocycles. The number of hydrogen-bond acceptors (Lipinski definition) is 3. The topological polar surface area (TPSA) is 56.1 Å². The van der Waals surface area contributed by atoms with Crippen LogP contribution in [-0.2, 0) is 4.79 Å². The summed E-state index contributed by atoms with van der Waals surface area (Å²) in [5, 5.41) is 7.30. The molecule has 0 radical (unpaired) electrons. The van der Waals surface area contributed by atoms with E-state index in [-0.39, 0.29) is 24.4 Å². The van der Waals surface area contributed by atoms with E-state index in [1.165, 1.54) is 17.7 Å². The monoisotopic (exact) mass is 381 g/mol. The van der Waals surface area contributed by atoms with Crippen molar-refractivity contribution in [1.82, 2.24) is 15.1 Å². The van der Waals surface area contributed by atoms with Crippen molar-refractivity contribution in [1.29, 1.82) is 0 Å². The van der Waals surface area contributed by atoms with Crippen LogP contribution in [0.5, 0.6) is 5.75 Å². The van der Waals surface area contributed by atoms with E-state index < -0.39 is 0 Å². The van der Waals surface area contributed by atoms with E-state index in [1.54, 1.807) is 23.0 Å². The highest BCUT2D eigenvalue weighted by molar-refractivity contribution is 5.78. The maximum atomic E-state index is 13.1. The number of aryl methyl sites for hydroxylation is 2. The molecular weight excluding hydrogens is 357 g/mol. The Morgan fingerprint density at radius 3 is 2.54 bits per heavy atom. The van der Waals surface area contributed by atoms with E-state index in [4.69, 9.17) is 4.74 Å². The Kier molecular flexibility index (Phi) is 5.78. The van der Waals surface area contributed by atoms with Gasteiger partial charge < -0.3 is 10.1 Å². The van der Waals surface area contributed by atoms with Gasteiger partial charge in [0.2, 0.25) is 0 Å². The summed E-state index contributed by atoms with van der Waals surface area (Å²) in [6, 6.07) is 11.6. The van der Waals surface area contributed by atoms with Gasteiger partial charge in [-0.15, -0.1) is 0 Å². The first kappa shape index (κ1) is 19.6. The third-order valence-corrected chi connectivity index (χ3v) is 4.81. The first-order valence-electron chi connectivity index (χ1n) is 9.15. The molecule has 1 N–H and O–H groups in total. The number of rotatable bonds is 6. The molecular formula is C22H24FN3O2. The molecule has 28 heavy (non-hydrogen) atoms. The maximum Gasteiger partial charge on any atom is 0.258 e. The second kappa shape index (κ2) is 8.25. The van der Waals surface area contributed by atoms with Crippen LogP contribution < -0.4 is 10.1 Å². The third-order valence-electron chi connectivity index (χ3n) is 4.81. The lowest BCUT2D eigenvalue weighted by Crippen LogP contribution is -2.31. The zero-order chi connectivity index (χ0) is 20.3. The lowest BCUT2D eigenvalue weighted by Gasteiger charge is -2.15. The average molecular weight is 381 g/mol. The fourth-order valence-electron chi connectivity index (χ4n) is 3.00. The molecule has 1 aromatic heterocycles. The van der Waals surface area contributed by atoms with Crippen LogP contribution in [-0.4, -0.2) is 22.3 Å². The molecule has 0 aliphatic rings. The van der Waals surface area contributed by atoms with Crippen molar-refractivity contribution in [2.75, 3.05) is 6.61 Å². The summed E-state index contributed by atoms with van der Waals surface area (Å²) in [5.74, 6) is 0.170. The Labute approximate surface area is 164 Å². The molecule has 1 heterocycles. The Morgan fingerprint density at radius 1 is 1.14 bits per heavy atom. The fraction of sp³-hybridized carbons (Fsp3) is 0.273. The lowest BCUT2D eigenvalue weighted by atomic mass is 10.1. The standard InChI is InChI=1S/C22H24FN3O2/c1-14-5-10-20(11-15(14)2)28-13-22(27)25-16(3)21-12-24-26(17(21)4)19-8-6-18(23)7-9-19/h5-12,16H,13H2,1-4H3,(H,25,27). The molecule has 0 saturated heterocycles. The van der Waals surface area contributed by atoms with Gasteiger partial charge in [-0.05, 0) is 75.2 Å². The van der Waals surface area contributed by atoms with E-state index in [2.05, 4.69) is 10.4 Å². The zero-order valence-electron chi connectivity index (χ0n) is 16.5. The molecule has 3 rings (SSSR count). The van der Waals surface area contributed by atoms with Gasteiger partial charge >= 0.3 is 0 Å². The van der Waals surface area contributed by atoms with Gasteiger partial charge in [0, 0.05) is 11.3 Å².